The predicted octanol–water partition coefficient (Wildman–Crippen LogP) is 4.70. The van der Waals surface area contributed by atoms with E-state index in [1.54, 1.807) is 35.2 Å². The molecule has 2 heterocycles. The van der Waals surface area contributed by atoms with Crippen molar-refractivity contribution in [3.8, 4) is 11.3 Å². The Bertz CT molecular complexity index is 797. The first-order valence-electron chi connectivity index (χ1n) is 7.19. The van der Waals surface area contributed by atoms with Crippen molar-refractivity contribution >= 4 is 40.3 Å². The summed E-state index contributed by atoms with van der Waals surface area (Å²) in [5.74, 6) is 0.687. The quantitative estimate of drug-likeness (QED) is 0.593. The van der Waals surface area contributed by atoms with Crippen molar-refractivity contribution in [3.05, 3.63) is 52.9 Å². The molecule has 3 nitrogen and oxygen atoms in total. The highest BCUT2D eigenvalue weighted by molar-refractivity contribution is 8.26. The van der Waals surface area contributed by atoms with Gasteiger partial charge in [0, 0.05) is 18.2 Å². The molecule has 0 N–H and O–H groups in total. The summed E-state index contributed by atoms with van der Waals surface area (Å²) in [7, 11) is 0. The molecule has 1 aromatic carbocycles. The minimum atomic E-state index is -0.319. The van der Waals surface area contributed by atoms with E-state index >= 15 is 0 Å². The van der Waals surface area contributed by atoms with Gasteiger partial charge in [-0.25, -0.2) is 4.39 Å². The van der Waals surface area contributed by atoms with Gasteiger partial charge in [-0.2, -0.15) is 0 Å². The third-order valence-electron chi connectivity index (χ3n) is 3.33. The maximum Gasteiger partial charge on any atom is 0.266 e. The second kappa shape index (κ2) is 6.68. The van der Waals surface area contributed by atoms with E-state index in [-0.39, 0.29) is 11.7 Å². The van der Waals surface area contributed by atoms with Crippen molar-refractivity contribution in [2.24, 2.45) is 0 Å². The Morgan fingerprint density at radius 1 is 1.35 bits per heavy atom. The number of hydrogen-bond acceptors (Lipinski definition) is 4. The van der Waals surface area contributed by atoms with Crippen LogP contribution in [0.3, 0.4) is 0 Å². The first kappa shape index (κ1) is 16.0. The molecule has 1 aliphatic rings. The van der Waals surface area contributed by atoms with Gasteiger partial charge in [0.05, 0.1) is 4.91 Å². The molecule has 0 unspecified atom stereocenters. The van der Waals surface area contributed by atoms with E-state index in [9.17, 15) is 9.18 Å². The van der Waals surface area contributed by atoms with E-state index in [4.69, 9.17) is 16.6 Å². The molecule has 1 aromatic heterocycles. The highest BCUT2D eigenvalue weighted by Crippen LogP contribution is 2.33. The largest absolute Gasteiger partial charge is 0.457 e. The fourth-order valence-corrected chi connectivity index (χ4v) is 3.56. The van der Waals surface area contributed by atoms with Crippen molar-refractivity contribution in [2.45, 2.75) is 13.3 Å². The van der Waals surface area contributed by atoms with Crippen molar-refractivity contribution in [1.82, 2.24) is 4.90 Å². The Hall–Kier alpha value is -1.92. The number of amides is 1. The molecule has 2 aromatic rings. The van der Waals surface area contributed by atoms with E-state index in [0.717, 1.165) is 6.42 Å². The monoisotopic (exact) mass is 347 g/mol. The average molecular weight is 347 g/mol. The number of nitrogens with zero attached hydrogens (tertiary/aromatic N) is 1. The summed E-state index contributed by atoms with van der Waals surface area (Å²) in [6.07, 6.45) is 2.53. The smallest absolute Gasteiger partial charge is 0.266 e. The molecule has 0 radical (unpaired) electrons. The Morgan fingerprint density at radius 3 is 2.91 bits per heavy atom. The van der Waals surface area contributed by atoms with Crippen LogP contribution in [0.25, 0.3) is 17.4 Å². The molecule has 23 heavy (non-hydrogen) atoms. The summed E-state index contributed by atoms with van der Waals surface area (Å²) in [4.78, 5) is 14.4. The molecule has 0 bridgehead atoms. The fourth-order valence-electron chi connectivity index (χ4n) is 2.27. The number of furan rings is 1. The Balaban J connectivity index is 1.84. The lowest BCUT2D eigenvalue weighted by Crippen LogP contribution is -2.28. The van der Waals surface area contributed by atoms with E-state index < -0.39 is 0 Å². The number of carbonyl (C=O) groups is 1. The molecule has 1 fully saturated rings. The van der Waals surface area contributed by atoms with Gasteiger partial charge in [-0.15, -0.1) is 0 Å². The molecule has 3 rings (SSSR count). The fraction of sp³-hybridized carbons (Fsp3) is 0.176. The number of hydrogen-bond donors (Lipinski definition) is 0. The summed E-state index contributed by atoms with van der Waals surface area (Å²) in [6, 6.07) is 9.70. The van der Waals surface area contributed by atoms with Crippen molar-refractivity contribution in [3.63, 3.8) is 0 Å². The molecule has 6 heteroatoms. The molecule has 1 amide bonds. The van der Waals surface area contributed by atoms with Gasteiger partial charge in [-0.1, -0.05) is 43.0 Å². The van der Waals surface area contributed by atoms with Crippen LogP contribution in [0.4, 0.5) is 4.39 Å². The number of thiocarbonyl (C=S) groups is 1. The molecular weight excluding hydrogens is 333 g/mol. The van der Waals surface area contributed by atoms with Crippen LogP contribution in [0.1, 0.15) is 19.1 Å². The van der Waals surface area contributed by atoms with Gasteiger partial charge in [-0.05, 0) is 30.7 Å². The van der Waals surface area contributed by atoms with Crippen molar-refractivity contribution < 1.29 is 13.6 Å². The number of carbonyl (C=O) groups excluding carboxylic acids is 1. The summed E-state index contributed by atoms with van der Waals surface area (Å²) in [6.45, 7) is 2.62. The Kier molecular flexibility index (Phi) is 4.63. The standard InChI is InChI=1S/C17H14FNO2S2/c1-2-8-19-16(20)15(23-17(19)22)10-13-6-7-14(21-13)11-4-3-5-12(18)9-11/h3-7,9-10H,2,8H2,1H3/b15-10+. The van der Waals surface area contributed by atoms with Gasteiger partial charge in [0.25, 0.3) is 5.91 Å². The lowest BCUT2D eigenvalue weighted by Gasteiger charge is -2.11. The SMILES string of the molecule is CCCN1C(=O)/C(=C\c2ccc(-c3cccc(F)c3)o2)SC1=S. The minimum absolute atomic E-state index is 0.0921. The molecule has 0 saturated carbocycles. The van der Waals surface area contributed by atoms with Crippen molar-refractivity contribution in [2.75, 3.05) is 6.54 Å². The van der Waals surface area contributed by atoms with E-state index in [1.165, 1.54) is 23.9 Å². The number of thioether (sulfide) groups is 1. The number of benzene rings is 1. The molecular formula is C17H14FNO2S2. The molecule has 1 aliphatic heterocycles. The molecule has 0 atom stereocenters. The van der Waals surface area contributed by atoms with Crippen LogP contribution in [0, 0.1) is 5.82 Å². The number of halogens is 1. The normalized spacial score (nSPS) is 16.6. The maximum atomic E-state index is 13.3. The topological polar surface area (TPSA) is 33.5 Å². The number of rotatable bonds is 4. The Labute approximate surface area is 143 Å². The van der Waals surface area contributed by atoms with Gasteiger partial charge in [0.2, 0.25) is 0 Å². The summed E-state index contributed by atoms with van der Waals surface area (Å²) in [5.41, 5.74) is 0.656. The van der Waals surface area contributed by atoms with Gasteiger partial charge < -0.3 is 4.42 Å². The highest BCUT2D eigenvalue weighted by Gasteiger charge is 2.31. The molecule has 0 aliphatic carbocycles. The van der Waals surface area contributed by atoms with Crippen LogP contribution in [0.2, 0.25) is 0 Å². The second-order valence-electron chi connectivity index (χ2n) is 5.05. The highest BCUT2D eigenvalue weighted by atomic mass is 32.2. The van der Waals surface area contributed by atoms with E-state index in [1.807, 2.05) is 6.92 Å². The third kappa shape index (κ3) is 3.38. The zero-order valence-corrected chi connectivity index (χ0v) is 14.0. The molecule has 118 valence electrons. The van der Waals surface area contributed by atoms with Crippen LogP contribution >= 0.6 is 24.0 Å². The second-order valence-corrected chi connectivity index (χ2v) is 6.72. The Morgan fingerprint density at radius 2 is 2.17 bits per heavy atom. The van der Waals surface area contributed by atoms with Crippen LogP contribution < -0.4 is 0 Å². The average Bonchev–Trinajstić information content (AvgIpc) is 3.09. The van der Waals surface area contributed by atoms with E-state index in [2.05, 4.69) is 0 Å². The van der Waals surface area contributed by atoms with Crippen LogP contribution in [-0.2, 0) is 4.79 Å². The molecule has 0 spiro atoms. The van der Waals surface area contributed by atoms with Crippen LogP contribution in [0.5, 0.6) is 0 Å². The lowest BCUT2D eigenvalue weighted by molar-refractivity contribution is -0.122. The zero-order valence-electron chi connectivity index (χ0n) is 12.4. The van der Waals surface area contributed by atoms with Gasteiger partial charge in [0.15, 0.2) is 0 Å². The van der Waals surface area contributed by atoms with E-state index in [0.29, 0.717) is 32.9 Å². The van der Waals surface area contributed by atoms with Gasteiger partial charge >= 0.3 is 0 Å². The first-order valence-corrected chi connectivity index (χ1v) is 8.42. The summed E-state index contributed by atoms with van der Waals surface area (Å²) >= 11 is 6.50. The zero-order chi connectivity index (χ0) is 16.4. The lowest BCUT2D eigenvalue weighted by atomic mass is 10.2. The summed E-state index contributed by atoms with van der Waals surface area (Å²) in [5, 5.41) is 0. The van der Waals surface area contributed by atoms with Gasteiger partial charge in [-0.3, -0.25) is 9.69 Å². The van der Waals surface area contributed by atoms with Crippen LogP contribution in [0.15, 0.2) is 45.7 Å². The van der Waals surface area contributed by atoms with Gasteiger partial charge in [0.1, 0.15) is 21.7 Å². The third-order valence-corrected chi connectivity index (χ3v) is 4.71. The minimum Gasteiger partial charge on any atom is -0.457 e. The van der Waals surface area contributed by atoms with Crippen molar-refractivity contribution in [1.29, 1.82) is 0 Å². The molecule has 1 saturated heterocycles. The van der Waals surface area contributed by atoms with Crippen LogP contribution in [-0.4, -0.2) is 21.7 Å². The predicted molar refractivity (Wildman–Crippen MR) is 94.3 cm³/mol. The summed E-state index contributed by atoms with van der Waals surface area (Å²) < 4.78 is 19.5. The maximum absolute atomic E-state index is 13.3. The first-order chi connectivity index (χ1) is 11.1.